The van der Waals surface area contributed by atoms with Crippen LogP contribution in [0.25, 0.3) is 10.8 Å². The summed E-state index contributed by atoms with van der Waals surface area (Å²) in [5.74, 6) is 1.62. The number of benzene rings is 4. The average Bonchev–Trinajstić information content (AvgIpc) is 2.98. The first-order valence-electron chi connectivity index (χ1n) is 13.8. The van der Waals surface area contributed by atoms with E-state index < -0.39 is 5.97 Å². The molecule has 0 fully saturated rings. The second-order valence-corrected chi connectivity index (χ2v) is 9.35. The van der Waals surface area contributed by atoms with Gasteiger partial charge < -0.3 is 14.2 Å². The molecule has 6 heteroatoms. The van der Waals surface area contributed by atoms with Crippen LogP contribution in [0, 0.1) is 0 Å². The highest BCUT2D eigenvalue weighted by Crippen LogP contribution is 2.35. The minimum absolute atomic E-state index is 0.426. The number of azo groups is 1. The lowest BCUT2D eigenvalue weighted by molar-refractivity contribution is 0.0737. The maximum Gasteiger partial charge on any atom is 0.343 e. The summed E-state index contributed by atoms with van der Waals surface area (Å²) >= 11 is 0. The molecule has 0 unspecified atom stereocenters. The molecular weight excluding hydrogens is 488 g/mol. The van der Waals surface area contributed by atoms with Gasteiger partial charge in [-0.05, 0) is 73.5 Å². The first-order valence-corrected chi connectivity index (χ1v) is 13.8. The van der Waals surface area contributed by atoms with Gasteiger partial charge in [-0.15, -0.1) is 5.11 Å². The summed E-state index contributed by atoms with van der Waals surface area (Å²) in [6, 6.07) is 25.9. The lowest BCUT2D eigenvalue weighted by atomic mass is 10.1. The third kappa shape index (κ3) is 8.14. The monoisotopic (exact) mass is 524 g/mol. The largest absolute Gasteiger partial charge is 0.494 e. The SMILES string of the molecule is CCCCCCOc1ccc(C(=O)Oc2ccc(N=Nc3ccc(OCCCC)cc3)c3ccccc23)cc1. The molecule has 4 aromatic carbocycles. The molecule has 0 aromatic heterocycles. The van der Waals surface area contributed by atoms with Gasteiger partial charge in [0.05, 0.1) is 30.2 Å². The van der Waals surface area contributed by atoms with Gasteiger partial charge >= 0.3 is 5.97 Å². The van der Waals surface area contributed by atoms with E-state index in [2.05, 4.69) is 24.1 Å². The van der Waals surface area contributed by atoms with E-state index in [0.29, 0.717) is 30.2 Å². The molecule has 6 nitrogen and oxygen atoms in total. The molecule has 0 atom stereocenters. The van der Waals surface area contributed by atoms with Gasteiger partial charge in [0.1, 0.15) is 17.2 Å². The molecule has 0 bridgehead atoms. The number of hydrogen-bond acceptors (Lipinski definition) is 6. The highest BCUT2D eigenvalue weighted by Gasteiger charge is 2.13. The fraction of sp³-hybridized carbons (Fsp3) is 0.303. The highest BCUT2D eigenvalue weighted by atomic mass is 16.5. The van der Waals surface area contributed by atoms with Crippen molar-refractivity contribution in [1.29, 1.82) is 0 Å². The summed E-state index contributed by atoms with van der Waals surface area (Å²) in [5, 5.41) is 10.5. The van der Waals surface area contributed by atoms with Crippen molar-refractivity contribution in [2.24, 2.45) is 10.2 Å². The zero-order valence-electron chi connectivity index (χ0n) is 22.8. The maximum absolute atomic E-state index is 12.9. The molecule has 4 rings (SSSR count). The zero-order valence-corrected chi connectivity index (χ0v) is 22.8. The van der Waals surface area contributed by atoms with Crippen molar-refractivity contribution in [2.45, 2.75) is 52.4 Å². The van der Waals surface area contributed by atoms with Crippen LogP contribution in [0.4, 0.5) is 11.4 Å². The van der Waals surface area contributed by atoms with E-state index >= 15 is 0 Å². The first-order chi connectivity index (χ1) is 19.2. The minimum Gasteiger partial charge on any atom is -0.494 e. The number of rotatable bonds is 14. The van der Waals surface area contributed by atoms with Crippen LogP contribution < -0.4 is 14.2 Å². The third-order valence-corrected chi connectivity index (χ3v) is 6.30. The van der Waals surface area contributed by atoms with Crippen LogP contribution in [0.15, 0.2) is 95.2 Å². The van der Waals surface area contributed by atoms with Gasteiger partial charge in [-0.25, -0.2) is 4.79 Å². The number of carbonyl (C=O) groups is 1. The van der Waals surface area contributed by atoms with E-state index in [1.54, 1.807) is 18.2 Å². The van der Waals surface area contributed by atoms with Gasteiger partial charge in [0.25, 0.3) is 0 Å². The van der Waals surface area contributed by atoms with Crippen LogP contribution in [0.3, 0.4) is 0 Å². The van der Waals surface area contributed by atoms with E-state index in [0.717, 1.165) is 53.6 Å². The fourth-order valence-corrected chi connectivity index (χ4v) is 4.05. The van der Waals surface area contributed by atoms with Crippen molar-refractivity contribution in [3.05, 3.63) is 90.5 Å². The highest BCUT2D eigenvalue weighted by molar-refractivity contribution is 5.99. The number of nitrogens with zero attached hydrogens (tertiary/aromatic N) is 2. The Morgan fingerprint density at radius 2 is 1.28 bits per heavy atom. The smallest absolute Gasteiger partial charge is 0.343 e. The number of esters is 1. The van der Waals surface area contributed by atoms with Crippen molar-refractivity contribution in [3.8, 4) is 17.2 Å². The standard InChI is InChI=1S/C33H36N2O4/c1-3-5-7-10-24-38-27-17-13-25(14-18-27)33(36)39-32-22-21-31(29-11-8-9-12-30(29)32)35-34-26-15-19-28(20-16-26)37-23-6-4-2/h8-9,11-22H,3-7,10,23-24H2,1-2H3. The first kappa shape index (κ1) is 27.8. The van der Waals surface area contributed by atoms with Crippen LogP contribution in [-0.4, -0.2) is 19.2 Å². The molecule has 0 N–H and O–H groups in total. The van der Waals surface area contributed by atoms with Gasteiger partial charge in [-0.1, -0.05) is 63.8 Å². The normalized spacial score (nSPS) is 11.1. The Balaban J connectivity index is 1.42. The van der Waals surface area contributed by atoms with E-state index in [9.17, 15) is 4.79 Å². The fourth-order valence-electron chi connectivity index (χ4n) is 4.05. The summed E-state index contributed by atoms with van der Waals surface area (Å²) in [6.45, 7) is 5.71. The summed E-state index contributed by atoms with van der Waals surface area (Å²) in [5.41, 5.74) is 1.88. The van der Waals surface area contributed by atoms with Crippen molar-refractivity contribution < 1.29 is 19.0 Å². The van der Waals surface area contributed by atoms with Crippen molar-refractivity contribution in [3.63, 3.8) is 0 Å². The lowest BCUT2D eigenvalue weighted by Gasteiger charge is -2.10. The second-order valence-electron chi connectivity index (χ2n) is 9.35. The van der Waals surface area contributed by atoms with Crippen LogP contribution in [0.1, 0.15) is 62.7 Å². The number of ether oxygens (including phenoxy) is 3. The summed E-state index contributed by atoms with van der Waals surface area (Å²) in [4.78, 5) is 12.9. The second kappa shape index (κ2) is 14.7. The molecule has 0 amide bonds. The van der Waals surface area contributed by atoms with Gasteiger partial charge in [0.2, 0.25) is 0 Å². The van der Waals surface area contributed by atoms with Gasteiger partial charge in [-0.3, -0.25) is 0 Å². The van der Waals surface area contributed by atoms with Gasteiger partial charge in [0.15, 0.2) is 0 Å². The summed E-state index contributed by atoms with van der Waals surface area (Å²) in [6.07, 6.45) is 6.73. The van der Waals surface area contributed by atoms with Crippen LogP contribution in [-0.2, 0) is 0 Å². The number of carbonyl (C=O) groups excluding carboxylic acids is 1. The predicted molar refractivity (Wildman–Crippen MR) is 156 cm³/mol. The number of unbranched alkanes of at least 4 members (excludes halogenated alkanes) is 4. The lowest BCUT2D eigenvalue weighted by Crippen LogP contribution is -2.08. The average molecular weight is 525 g/mol. The molecule has 0 spiro atoms. The van der Waals surface area contributed by atoms with E-state index in [4.69, 9.17) is 14.2 Å². The van der Waals surface area contributed by atoms with Gasteiger partial charge in [0, 0.05) is 10.8 Å². The Kier molecular flexibility index (Phi) is 10.5. The molecule has 0 heterocycles. The number of fused-ring (bicyclic) bond motifs is 1. The molecule has 0 aliphatic rings. The molecule has 0 saturated carbocycles. The molecule has 4 aromatic rings. The quantitative estimate of drug-likeness (QED) is 0.0712. The Labute approximate surface area is 230 Å². The maximum atomic E-state index is 12.9. The third-order valence-electron chi connectivity index (χ3n) is 6.30. The molecule has 0 saturated heterocycles. The summed E-state index contributed by atoms with van der Waals surface area (Å²) in [7, 11) is 0. The molecule has 0 radical (unpaired) electrons. The van der Waals surface area contributed by atoms with Crippen LogP contribution in [0.2, 0.25) is 0 Å². The van der Waals surface area contributed by atoms with Crippen molar-refractivity contribution >= 4 is 28.1 Å². The number of hydrogen-bond donors (Lipinski definition) is 0. The predicted octanol–water partition coefficient (Wildman–Crippen LogP) is 9.61. The van der Waals surface area contributed by atoms with Crippen molar-refractivity contribution in [2.75, 3.05) is 13.2 Å². The molecule has 39 heavy (non-hydrogen) atoms. The van der Waals surface area contributed by atoms with E-state index in [1.165, 1.54) is 12.8 Å². The zero-order chi connectivity index (χ0) is 27.3. The molecular formula is C33H36N2O4. The Hall–Kier alpha value is -4.19. The summed E-state index contributed by atoms with van der Waals surface area (Å²) < 4.78 is 17.3. The topological polar surface area (TPSA) is 69.5 Å². The molecule has 202 valence electrons. The Morgan fingerprint density at radius 1 is 0.641 bits per heavy atom. The van der Waals surface area contributed by atoms with Crippen LogP contribution in [0.5, 0.6) is 17.2 Å². The molecule has 0 aliphatic heterocycles. The minimum atomic E-state index is -0.426. The van der Waals surface area contributed by atoms with E-state index in [1.807, 2.05) is 66.7 Å². The van der Waals surface area contributed by atoms with Gasteiger partial charge in [-0.2, -0.15) is 5.11 Å². The Bertz CT molecular complexity index is 1370. The molecule has 0 aliphatic carbocycles. The van der Waals surface area contributed by atoms with Crippen LogP contribution >= 0.6 is 0 Å². The van der Waals surface area contributed by atoms with E-state index in [-0.39, 0.29) is 0 Å². The van der Waals surface area contributed by atoms with Crippen molar-refractivity contribution in [1.82, 2.24) is 0 Å². The Morgan fingerprint density at radius 3 is 1.97 bits per heavy atom.